The van der Waals surface area contributed by atoms with Gasteiger partial charge in [0.2, 0.25) is 5.69 Å². The van der Waals surface area contributed by atoms with E-state index in [1.807, 2.05) is 60.8 Å². The van der Waals surface area contributed by atoms with Crippen molar-refractivity contribution in [2.24, 2.45) is 0 Å². The Balaban J connectivity index is 2.15. The van der Waals surface area contributed by atoms with Gasteiger partial charge in [0.25, 0.3) is 0 Å². The molecule has 2 aromatic rings. The first kappa shape index (κ1) is 9.46. The van der Waals surface area contributed by atoms with Crippen LogP contribution in [0.4, 0.5) is 5.69 Å². The van der Waals surface area contributed by atoms with E-state index >= 15 is 0 Å². The highest BCUT2D eigenvalue weighted by Crippen LogP contribution is 2.08. The zero-order chi connectivity index (χ0) is 10.5. The molecular formula is C13H13N2+. The average molecular weight is 197 g/mol. The minimum Gasteiger partial charge on any atom is -0.399 e. The number of hydrogen-bond acceptors (Lipinski definition) is 1. The van der Waals surface area contributed by atoms with Gasteiger partial charge in [-0.2, -0.15) is 0 Å². The number of H-pyrrole nitrogens is 1. The number of aromatic amines is 1. The summed E-state index contributed by atoms with van der Waals surface area (Å²) in [6, 6.07) is 13.8. The Bertz CT molecular complexity index is 444. The molecule has 74 valence electrons. The van der Waals surface area contributed by atoms with Gasteiger partial charge in [-0.1, -0.05) is 12.1 Å². The molecule has 1 aromatic carbocycles. The van der Waals surface area contributed by atoms with Crippen LogP contribution in [0.5, 0.6) is 0 Å². The molecule has 0 saturated heterocycles. The van der Waals surface area contributed by atoms with Crippen LogP contribution in [0.1, 0.15) is 11.3 Å². The molecule has 0 aliphatic rings. The number of nitrogens with two attached hydrogens (primary N) is 1. The maximum Gasteiger partial charge on any atom is 0.203 e. The summed E-state index contributed by atoms with van der Waals surface area (Å²) in [5.74, 6) is 0. The summed E-state index contributed by atoms with van der Waals surface area (Å²) in [6.07, 6.45) is 5.99. The number of nitrogen functional groups attached to an aromatic ring is 1. The van der Waals surface area contributed by atoms with E-state index in [9.17, 15) is 0 Å². The fraction of sp³-hybridized carbons (Fsp3) is 0. The maximum absolute atomic E-state index is 5.60. The second-order valence-electron chi connectivity index (χ2n) is 3.32. The summed E-state index contributed by atoms with van der Waals surface area (Å²) in [5.41, 5.74) is 8.61. The molecule has 15 heavy (non-hydrogen) atoms. The normalized spacial score (nSPS) is 10.7. The minimum absolute atomic E-state index is 0.790. The largest absolute Gasteiger partial charge is 0.399 e. The predicted molar refractivity (Wildman–Crippen MR) is 62.8 cm³/mol. The monoisotopic (exact) mass is 197 g/mol. The molecule has 0 aliphatic carbocycles. The van der Waals surface area contributed by atoms with Crippen molar-refractivity contribution in [3.63, 3.8) is 0 Å². The van der Waals surface area contributed by atoms with Gasteiger partial charge in [0.15, 0.2) is 6.20 Å². The standard InChI is InChI=1S/C13H12N2/c14-12-7-4-11(5-8-12)6-9-13-3-1-2-10-15-13/h1-10H,14H2/p+1/b9-6+. The van der Waals surface area contributed by atoms with Gasteiger partial charge in [0.1, 0.15) is 0 Å². The average Bonchev–Trinajstić information content (AvgIpc) is 2.30. The van der Waals surface area contributed by atoms with Crippen LogP contribution in [0.25, 0.3) is 12.2 Å². The highest BCUT2D eigenvalue weighted by Gasteiger charge is 1.92. The van der Waals surface area contributed by atoms with Crippen molar-refractivity contribution >= 4 is 17.8 Å². The summed E-state index contributed by atoms with van der Waals surface area (Å²) < 4.78 is 0. The molecule has 0 atom stereocenters. The SMILES string of the molecule is Nc1ccc(/C=C/c2cccc[nH+]2)cc1. The molecule has 3 N–H and O–H groups in total. The molecule has 0 unspecified atom stereocenters. The zero-order valence-electron chi connectivity index (χ0n) is 8.35. The van der Waals surface area contributed by atoms with E-state index in [2.05, 4.69) is 4.98 Å². The Kier molecular flexibility index (Phi) is 2.79. The fourth-order valence-corrected chi connectivity index (χ4v) is 1.30. The summed E-state index contributed by atoms with van der Waals surface area (Å²) in [6.45, 7) is 0. The molecule has 2 nitrogen and oxygen atoms in total. The number of anilines is 1. The lowest BCUT2D eigenvalue weighted by Gasteiger charge is -1.93. The predicted octanol–water partition coefficient (Wildman–Crippen LogP) is 2.25. The zero-order valence-corrected chi connectivity index (χ0v) is 8.35. The van der Waals surface area contributed by atoms with E-state index < -0.39 is 0 Å². The highest BCUT2D eigenvalue weighted by atomic mass is 14.6. The Morgan fingerprint density at radius 1 is 0.933 bits per heavy atom. The van der Waals surface area contributed by atoms with E-state index in [0.29, 0.717) is 0 Å². The van der Waals surface area contributed by atoms with Gasteiger partial charge in [0, 0.05) is 23.9 Å². The minimum atomic E-state index is 0.790. The van der Waals surface area contributed by atoms with Crippen LogP contribution in [0.2, 0.25) is 0 Å². The fourth-order valence-electron chi connectivity index (χ4n) is 1.30. The van der Waals surface area contributed by atoms with E-state index in [0.717, 1.165) is 16.9 Å². The van der Waals surface area contributed by atoms with Gasteiger partial charge in [-0.3, -0.25) is 0 Å². The van der Waals surface area contributed by atoms with Crippen LogP contribution >= 0.6 is 0 Å². The number of hydrogen-bond donors (Lipinski definition) is 1. The molecule has 0 amide bonds. The third-order valence-electron chi connectivity index (χ3n) is 2.12. The van der Waals surface area contributed by atoms with Crippen LogP contribution < -0.4 is 10.7 Å². The van der Waals surface area contributed by atoms with Gasteiger partial charge in [-0.15, -0.1) is 0 Å². The van der Waals surface area contributed by atoms with Crippen LogP contribution in [0, 0.1) is 0 Å². The Morgan fingerprint density at radius 2 is 1.73 bits per heavy atom. The summed E-state index contributed by atoms with van der Waals surface area (Å²) >= 11 is 0. The molecular weight excluding hydrogens is 184 g/mol. The van der Waals surface area contributed by atoms with Crippen molar-refractivity contribution in [2.75, 3.05) is 5.73 Å². The summed E-state index contributed by atoms with van der Waals surface area (Å²) in [7, 11) is 0. The van der Waals surface area contributed by atoms with Crippen LogP contribution in [0.3, 0.4) is 0 Å². The second kappa shape index (κ2) is 4.42. The number of benzene rings is 1. The third-order valence-corrected chi connectivity index (χ3v) is 2.12. The number of nitrogens with one attached hydrogen (secondary N) is 1. The number of pyridine rings is 1. The van der Waals surface area contributed by atoms with Crippen molar-refractivity contribution < 1.29 is 4.98 Å². The van der Waals surface area contributed by atoms with E-state index in [1.165, 1.54) is 0 Å². The van der Waals surface area contributed by atoms with E-state index in [-0.39, 0.29) is 0 Å². The Morgan fingerprint density at radius 3 is 2.40 bits per heavy atom. The lowest BCUT2D eigenvalue weighted by molar-refractivity contribution is -0.380. The first-order valence-corrected chi connectivity index (χ1v) is 4.85. The summed E-state index contributed by atoms with van der Waals surface area (Å²) in [4.78, 5) is 3.14. The molecule has 0 bridgehead atoms. The van der Waals surface area contributed by atoms with Gasteiger partial charge in [0.05, 0.1) is 0 Å². The van der Waals surface area contributed by atoms with Crippen molar-refractivity contribution in [2.45, 2.75) is 0 Å². The lowest BCUT2D eigenvalue weighted by Crippen LogP contribution is -2.03. The van der Waals surface area contributed by atoms with Crippen molar-refractivity contribution in [3.05, 3.63) is 59.9 Å². The van der Waals surface area contributed by atoms with Gasteiger partial charge in [-0.05, 0) is 29.8 Å². The smallest absolute Gasteiger partial charge is 0.203 e. The molecule has 1 aromatic heterocycles. The number of rotatable bonds is 2. The first-order valence-electron chi connectivity index (χ1n) is 4.85. The van der Waals surface area contributed by atoms with Gasteiger partial charge < -0.3 is 5.73 Å². The van der Waals surface area contributed by atoms with Gasteiger partial charge in [-0.25, -0.2) is 4.98 Å². The molecule has 0 saturated carbocycles. The molecule has 1 heterocycles. The van der Waals surface area contributed by atoms with Crippen LogP contribution in [-0.2, 0) is 0 Å². The van der Waals surface area contributed by atoms with Crippen molar-refractivity contribution in [1.82, 2.24) is 0 Å². The van der Waals surface area contributed by atoms with Crippen LogP contribution in [0.15, 0.2) is 48.7 Å². The van der Waals surface area contributed by atoms with E-state index in [1.54, 1.807) is 0 Å². The Hall–Kier alpha value is -2.09. The van der Waals surface area contributed by atoms with Gasteiger partial charge >= 0.3 is 0 Å². The molecule has 0 aliphatic heterocycles. The quantitative estimate of drug-likeness (QED) is 0.737. The molecule has 0 spiro atoms. The highest BCUT2D eigenvalue weighted by molar-refractivity contribution is 5.67. The lowest BCUT2D eigenvalue weighted by atomic mass is 10.2. The summed E-state index contributed by atoms with van der Waals surface area (Å²) in [5, 5.41) is 0. The maximum atomic E-state index is 5.60. The van der Waals surface area contributed by atoms with E-state index in [4.69, 9.17) is 5.73 Å². The molecule has 0 radical (unpaired) electrons. The number of aromatic nitrogens is 1. The van der Waals surface area contributed by atoms with Crippen LogP contribution in [-0.4, -0.2) is 0 Å². The third kappa shape index (κ3) is 2.68. The van der Waals surface area contributed by atoms with Crippen molar-refractivity contribution in [3.8, 4) is 0 Å². The topological polar surface area (TPSA) is 40.2 Å². The second-order valence-corrected chi connectivity index (χ2v) is 3.32. The molecule has 0 fully saturated rings. The molecule has 2 rings (SSSR count). The first-order chi connectivity index (χ1) is 7.34. The van der Waals surface area contributed by atoms with Crippen molar-refractivity contribution in [1.29, 1.82) is 0 Å². The Labute approximate surface area is 89.1 Å². The molecule has 2 heteroatoms.